The standard InChI is InChI=1S/C28H28N2O2/c1-4-28(22-11-6-5-7-12-22,27(31)29-17-16-21-10-8-9-13-25(21)29)30-19-20(2)24-18-23(32-3)14-15-26(24)30/h5-15,18-19H,4,16-17H2,1-3H3/t28-/m0/s1. The van der Waals surface area contributed by atoms with E-state index in [-0.39, 0.29) is 5.91 Å². The number of carbonyl (C=O) groups excluding carboxylic acids is 1. The van der Waals surface area contributed by atoms with E-state index in [9.17, 15) is 4.79 Å². The molecule has 0 N–H and O–H groups in total. The number of benzene rings is 3. The molecule has 0 aliphatic carbocycles. The van der Waals surface area contributed by atoms with Gasteiger partial charge in [-0.15, -0.1) is 0 Å². The number of hydrogen-bond acceptors (Lipinski definition) is 2. The van der Waals surface area contributed by atoms with Crippen LogP contribution in [-0.4, -0.2) is 24.1 Å². The lowest BCUT2D eigenvalue weighted by atomic mass is 9.84. The number of anilines is 1. The van der Waals surface area contributed by atoms with Crippen molar-refractivity contribution in [3.05, 3.63) is 95.7 Å². The summed E-state index contributed by atoms with van der Waals surface area (Å²) in [6.45, 7) is 4.91. The second-order valence-electron chi connectivity index (χ2n) is 8.48. The van der Waals surface area contributed by atoms with E-state index in [4.69, 9.17) is 4.74 Å². The van der Waals surface area contributed by atoms with E-state index in [0.717, 1.165) is 39.9 Å². The average molecular weight is 425 g/mol. The van der Waals surface area contributed by atoms with Crippen molar-refractivity contribution in [2.75, 3.05) is 18.6 Å². The number of carbonyl (C=O) groups is 1. The van der Waals surface area contributed by atoms with Gasteiger partial charge in [0, 0.05) is 29.3 Å². The zero-order valence-corrected chi connectivity index (χ0v) is 18.8. The molecule has 0 fully saturated rings. The lowest BCUT2D eigenvalue weighted by Crippen LogP contribution is -2.50. The number of ether oxygens (including phenoxy) is 1. The molecule has 4 nitrogen and oxygen atoms in total. The highest BCUT2D eigenvalue weighted by Gasteiger charge is 2.45. The topological polar surface area (TPSA) is 34.5 Å². The van der Waals surface area contributed by atoms with Crippen molar-refractivity contribution in [2.45, 2.75) is 32.2 Å². The normalized spacial score (nSPS) is 14.9. The Labute approximate surface area is 189 Å². The van der Waals surface area contributed by atoms with Crippen LogP contribution in [0, 0.1) is 6.92 Å². The molecule has 3 aromatic carbocycles. The Balaban J connectivity index is 1.76. The summed E-state index contributed by atoms with van der Waals surface area (Å²) >= 11 is 0. The Hall–Kier alpha value is -3.53. The third kappa shape index (κ3) is 2.94. The maximum Gasteiger partial charge on any atom is 0.257 e. The van der Waals surface area contributed by atoms with Crippen molar-refractivity contribution in [3.63, 3.8) is 0 Å². The van der Waals surface area contributed by atoms with Gasteiger partial charge in [0.2, 0.25) is 0 Å². The fourth-order valence-electron chi connectivity index (χ4n) is 5.19. The number of methoxy groups -OCH3 is 1. The van der Waals surface area contributed by atoms with E-state index in [1.54, 1.807) is 7.11 Å². The van der Waals surface area contributed by atoms with Gasteiger partial charge in [-0.3, -0.25) is 4.79 Å². The van der Waals surface area contributed by atoms with Crippen LogP contribution in [0.5, 0.6) is 5.75 Å². The van der Waals surface area contributed by atoms with Gasteiger partial charge in [-0.1, -0.05) is 55.5 Å². The number of rotatable bonds is 5. The van der Waals surface area contributed by atoms with E-state index in [0.29, 0.717) is 13.0 Å². The number of nitrogens with zero attached hydrogens (tertiary/aromatic N) is 2. The van der Waals surface area contributed by atoms with Gasteiger partial charge >= 0.3 is 0 Å². The molecular weight excluding hydrogens is 396 g/mol. The molecule has 0 bridgehead atoms. The molecule has 1 aliphatic heterocycles. The molecule has 4 heteroatoms. The van der Waals surface area contributed by atoms with Crippen LogP contribution >= 0.6 is 0 Å². The number of hydrogen-bond donors (Lipinski definition) is 0. The number of aromatic nitrogens is 1. The van der Waals surface area contributed by atoms with Gasteiger partial charge in [-0.2, -0.15) is 0 Å². The zero-order chi connectivity index (χ0) is 22.3. The minimum Gasteiger partial charge on any atom is -0.497 e. The summed E-state index contributed by atoms with van der Waals surface area (Å²) < 4.78 is 7.66. The van der Waals surface area contributed by atoms with E-state index in [1.165, 1.54) is 5.56 Å². The molecule has 1 amide bonds. The van der Waals surface area contributed by atoms with Crippen LogP contribution in [0.4, 0.5) is 5.69 Å². The van der Waals surface area contributed by atoms with Crippen molar-refractivity contribution in [2.24, 2.45) is 0 Å². The van der Waals surface area contributed by atoms with Gasteiger partial charge in [0.1, 0.15) is 11.3 Å². The molecule has 1 aliphatic rings. The van der Waals surface area contributed by atoms with Crippen LogP contribution in [0.25, 0.3) is 10.9 Å². The molecule has 0 radical (unpaired) electrons. The molecule has 1 atom stereocenters. The first-order chi connectivity index (χ1) is 15.6. The predicted octanol–water partition coefficient (Wildman–Crippen LogP) is 5.70. The molecule has 0 saturated carbocycles. The van der Waals surface area contributed by atoms with Crippen LogP contribution in [0.1, 0.15) is 30.0 Å². The third-order valence-corrected chi connectivity index (χ3v) is 6.87. The van der Waals surface area contributed by atoms with Crippen molar-refractivity contribution in [1.29, 1.82) is 0 Å². The van der Waals surface area contributed by atoms with Crippen LogP contribution < -0.4 is 9.64 Å². The monoisotopic (exact) mass is 424 g/mol. The summed E-state index contributed by atoms with van der Waals surface area (Å²) in [5, 5.41) is 1.10. The number of fused-ring (bicyclic) bond motifs is 2. The average Bonchev–Trinajstić information content (AvgIpc) is 3.42. The molecule has 2 heterocycles. The number of para-hydroxylation sites is 1. The molecular formula is C28H28N2O2. The lowest BCUT2D eigenvalue weighted by molar-refractivity contribution is -0.125. The van der Waals surface area contributed by atoms with Crippen LogP contribution in [0.15, 0.2) is 79.0 Å². The summed E-state index contributed by atoms with van der Waals surface area (Å²) in [7, 11) is 1.68. The SMILES string of the molecule is CC[C@@](C(=O)N1CCc2ccccc21)(c1ccccc1)n1cc(C)c2cc(OC)ccc21. The van der Waals surface area contributed by atoms with E-state index >= 15 is 0 Å². The largest absolute Gasteiger partial charge is 0.497 e. The van der Waals surface area contributed by atoms with Gasteiger partial charge in [-0.05, 0) is 60.7 Å². The molecule has 0 unspecified atom stereocenters. The quantitative estimate of drug-likeness (QED) is 0.412. The van der Waals surface area contributed by atoms with Crippen LogP contribution in [0.2, 0.25) is 0 Å². The summed E-state index contributed by atoms with van der Waals surface area (Å²) in [4.78, 5) is 16.5. The summed E-state index contributed by atoms with van der Waals surface area (Å²) in [5.74, 6) is 0.934. The highest BCUT2D eigenvalue weighted by molar-refractivity contribution is 6.04. The molecule has 0 saturated heterocycles. The first kappa shape index (κ1) is 20.4. The Morgan fingerprint density at radius 3 is 2.53 bits per heavy atom. The molecule has 32 heavy (non-hydrogen) atoms. The minimum atomic E-state index is -0.847. The van der Waals surface area contributed by atoms with Gasteiger partial charge in [-0.25, -0.2) is 0 Å². The number of aryl methyl sites for hydroxylation is 1. The van der Waals surface area contributed by atoms with Crippen molar-refractivity contribution >= 4 is 22.5 Å². The van der Waals surface area contributed by atoms with Gasteiger partial charge in [0.15, 0.2) is 0 Å². The minimum absolute atomic E-state index is 0.115. The van der Waals surface area contributed by atoms with Gasteiger partial charge < -0.3 is 14.2 Å². The highest BCUT2D eigenvalue weighted by atomic mass is 16.5. The van der Waals surface area contributed by atoms with E-state index in [1.807, 2.05) is 41.3 Å². The second-order valence-corrected chi connectivity index (χ2v) is 8.48. The number of amides is 1. The van der Waals surface area contributed by atoms with E-state index < -0.39 is 5.54 Å². The first-order valence-electron chi connectivity index (χ1n) is 11.2. The van der Waals surface area contributed by atoms with Crippen molar-refractivity contribution in [1.82, 2.24) is 4.57 Å². The second kappa shape index (κ2) is 7.86. The lowest BCUT2D eigenvalue weighted by Gasteiger charge is -2.38. The fraction of sp³-hybridized carbons (Fsp3) is 0.250. The first-order valence-corrected chi connectivity index (χ1v) is 11.2. The Bertz CT molecular complexity index is 1290. The molecule has 5 rings (SSSR count). The van der Waals surface area contributed by atoms with Gasteiger partial charge in [0.25, 0.3) is 5.91 Å². The fourth-order valence-corrected chi connectivity index (χ4v) is 5.19. The smallest absolute Gasteiger partial charge is 0.257 e. The van der Waals surface area contributed by atoms with E-state index in [2.05, 4.69) is 61.0 Å². The van der Waals surface area contributed by atoms with Crippen molar-refractivity contribution < 1.29 is 9.53 Å². The van der Waals surface area contributed by atoms with Crippen molar-refractivity contribution in [3.8, 4) is 5.75 Å². The van der Waals surface area contributed by atoms with Gasteiger partial charge in [0.05, 0.1) is 7.11 Å². The van der Waals surface area contributed by atoms with Crippen LogP contribution in [0.3, 0.4) is 0 Å². The third-order valence-electron chi connectivity index (χ3n) is 6.87. The Morgan fingerprint density at radius 2 is 1.78 bits per heavy atom. The summed E-state index contributed by atoms with van der Waals surface area (Å²) in [6, 6.07) is 24.6. The zero-order valence-electron chi connectivity index (χ0n) is 18.8. The predicted molar refractivity (Wildman–Crippen MR) is 130 cm³/mol. The molecule has 4 aromatic rings. The maximum absolute atomic E-state index is 14.5. The molecule has 162 valence electrons. The summed E-state index contributed by atoms with van der Waals surface area (Å²) in [6.07, 6.45) is 3.66. The highest BCUT2D eigenvalue weighted by Crippen LogP contribution is 2.40. The summed E-state index contributed by atoms with van der Waals surface area (Å²) in [5.41, 5.74) is 4.58. The Morgan fingerprint density at radius 1 is 1.03 bits per heavy atom. The molecule has 1 aromatic heterocycles. The maximum atomic E-state index is 14.5. The van der Waals surface area contributed by atoms with Crippen LogP contribution in [-0.2, 0) is 16.8 Å². The molecule has 0 spiro atoms. The Kier molecular flexibility index (Phi) is 5.01.